The maximum absolute atomic E-state index is 7.82. The molecule has 0 radical (unpaired) electrons. The average Bonchev–Trinajstić information content (AvgIpc) is 3.98. The van der Waals surface area contributed by atoms with Crippen molar-refractivity contribution in [2.24, 2.45) is 46.8 Å². The van der Waals surface area contributed by atoms with Crippen LogP contribution in [0.4, 0.5) is 11.6 Å². The molecule has 1 atom stereocenters. The van der Waals surface area contributed by atoms with Crippen LogP contribution < -0.4 is 5.32 Å². The predicted octanol–water partition coefficient (Wildman–Crippen LogP) is 7.41. The summed E-state index contributed by atoms with van der Waals surface area (Å²) in [6.45, 7) is 1.07. The van der Waals surface area contributed by atoms with E-state index in [0.29, 0.717) is 65.5 Å². The lowest BCUT2D eigenvalue weighted by molar-refractivity contribution is 0.0677. The number of aliphatic imine (C=N–C) groups is 7. The number of amidine groups is 5. The third-order valence-corrected chi connectivity index (χ3v) is 16.1. The minimum atomic E-state index is -4.07. The first-order chi connectivity index (χ1) is 28.2. The molecule has 3 aromatic heterocycles. The fourth-order valence-electron chi connectivity index (χ4n) is 10.1. The van der Waals surface area contributed by atoms with E-state index in [1.165, 1.54) is 38.5 Å². The largest absolute Gasteiger partial charge is 0.599 e. The van der Waals surface area contributed by atoms with Crippen molar-refractivity contribution in [3.8, 4) is 0 Å². The van der Waals surface area contributed by atoms with Gasteiger partial charge in [0.2, 0.25) is 0 Å². The monoisotopic (exact) mass is 776 g/mol. The van der Waals surface area contributed by atoms with Crippen LogP contribution in [0.25, 0.3) is 10.9 Å². The first-order valence-corrected chi connectivity index (χ1v) is 22.7. The summed E-state index contributed by atoms with van der Waals surface area (Å²) in [5.74, 6) is 5.14. The van der Waals surface area contributed by atoms with Crippen molar-refractivity contribution in [3.63, 3.8) is 0 Å². The minimum absolute atomic E-state index is 0.389. The molecule has 2 fully saturated rings. The van der Waals surface area contributed by atoms with Crippen LogP contribution >= 0.6 is 0 Å². The third-order valence-electron chi connectivity index (χ3n) is 12.9. The van der Waals surface area contributed by atoms with E-state index in [1.54, 1.807) is 0 Å². The first-order valence-electron chi connectivity index (χ1n) is 21.0. The molecule has 7 aliphatic heterocycles. The van der Waals surface area contributed by atoms with E-state index in [1.807, 2.05) is 37.0 Å². The van der Waals surface area contributed by atoms with Crippen molar-refractivity contribution in [1.29, 1.82) is 0 Å². The lowest BCUT2D eigenvalue weighted by Gasteiger charge is -2.44. The second-order valence-electron chi connectivity index (χ2n) is 16.5. The number of nitrogens with one attached hydrogen (secondary N) is 1. The Labute approximate surface area is 331 Å². The summed E-state index contributed by atoms with van der Waals surface area (Å²) in [7, 11) is -4.07. The van der Waals surface area contributed by atoms with Gasteiger partial charge in [-0.3, -0.25) is 28.8 Å². The van der Waals surface area contributed by atoms with E-state index in [-0.39, 0.29) is 0 Å². The van der Waals surface area contributed by atoms with Crippen LogP contribution in [-0.4, -0.2) is 82.5 Å². The number of nitrogens with zero attached hydrogens (tertiary/aromatic N) is 11. The molecule has 6 bridgehead atoms. The highest BCUT2D eigenvalue weighted by Crippen LogP contribution is 2.48. The van der Waals surface area contributed by atoms with Gasteiger partial charge in [-0.15, -0.1) is 0 Å². The maximum Gasteiger partial charge on any atom is 0.599 e. The van der Waals surface area contributed by atoms with Gasteiger partial charge in [0, 0.05) is 60.1 Å². The standard InChI is InChI=1S/C42H44N12O2Si/c1-3-11-25(12-4-1)23-55-57(56-24-26-13-5-2-6-14-26)53-40-29-17-9-21-45-33(29)41(53)49-35-27-15-7-19-43-31(27)37(47-35)51-39-30-18-10-22-46-34(30)42(54(39)57)50-36-28-16-8-20-44-32(28)38(48-36)52-40/h9-10,17-22,25-26,41H,1-8,11-16,23-24H2,(H,47,49,51)/b50-36-,52-40-. The summed E-state index contributed by atoms with van der Waals surface area (Å²) in [6, 6.07) is 8.14. The van der Waals surface area contributed by atoms with Gasteiger partial charge in [-0.2, -0.15) is 0 Å². The van der Waals surface area contributed by atoms with Crippen LogP contribution in [0, 0.1) is 11.8 Å². The number of hydrogen-bond acceptors (Lipinski definition) is 13. The quantitative estimate of drug-likeness (QED) is 0.258. The maximum atomic E-state index is 7.82. The van der Waals surface area contributed by atoms with Gasteiger partial charge in [-0.25, -0.2) is 25.0 Å². The van der Waals surface area contributed by atoms with Crippen LogP contribution in [0.5, 0.6) is 0 Å². The van der Waals surface area contributed by atoms with Crippen LogP contribution in [-0.2, 0) is 8.85 Å². The number of pyridine rings is 2. The molecule has 0 amide bonds. The summed E-state index contributed by atoms with van der Waals surface area (Å²) in [6.07, 6.45) is 22.0. The van der Waals surface area contributed by atoms with Gasteiger partial charge in [0.1, 0.15) is 40.6 Å². The van der Waals surface area contributed by atoms with Crippen LogP contribution in [0.1, 0.15) is 107 Å². The Balaban J connectivity index is 1.21. The van der Waals surface area contributed by atoms with E-state index in [9.17, 15) is 0 Å². The highest BCUT2D eigenvalue weighted by molar-refractivity contribution is 6.68. The molecule has 57 heavy (non-hydrogen) atoms. The van der Waals surface area contributed by atoms with Crippen LogP contribution in [0.3, 0.4) is 0 Å². The van der Waals surface area contributed by atoms with Crippen molar-refractivity contribution in [2.75, 3.05) is 13.2 Å². The number of fused-ring (bicyclic) bond motifs is 12. The molecule has 2 saturated carbocycles. The fraction of sp³-hybridized carbons (Fsp3) is 0.452. The van der Waals surface area contributed by atoms with Crippen molar-refractivity contribution in [1.82, 2.24) is 24.1 Å². The molecule has 9 aliphatic rings. The fourth-order valence-corrected chi connectivity index (χ4v) is 13.6. The highest BCUT2D eigenvalue weighted by Gasteiger charge is 2.62. The normalized spacial score (nSPS) is 27.4. The molecule has 10 heterocycles. The Morgan fingerprint density at radius 2 is 1.35 bits per heavy atom. The van der Waals surface area contributed by atoms with Gasteiger partial charge < -0.3 is 14.2 Å². The van der Waals surface area contributed by atoms with E-state index in [2.05, 4.69) is 26.2 Å². The minimum Gasteiger partial charge on any atom is -0.361 e. The van der Waals surface area contributed by atoms with E-state index in [4.69, 9.17) is 53.8 Å². The van der Waals surface area contributed by atoms with Gasteiger partial charge in [-0.1, -0.05) is 38.5 Å². The van der Waals surface area contributed by atoms with E-state index >= 15 is 0 Å². The molecule has 2 aliphatic carbocycles. The van der Waals surface area contributed by atoms with Crippen LogP contribution in [0.2, 0.25) is 0 Å². The van der Waals surface area contributed by atoms with Crippen molar-refractivity contribution in [3.05, 3.63) is 70.5 Å². The Bertz CT molecular complexity index is 2490. The molecule has 288 valence electrons. The van der Waals surface area contributed by atoms with E-state index in [0.717, 1.165) is 96.4 Å². The number of hydrogen-bond donors (Lipinski definition) is 1. The van der Waals surface area contributed by atoms with Crippen molar-refractivity contribution >= 4 is 73.0 Å². The van der Waals surface area contributed by atoms with Crippen molar-refractivity contribution < 1.29 is 8.85 Å². The molecule has 1 unspecified atom stereocenters. The number of rotatable bonds is 6. The smallest absolute Gasteiger partial charge is 0.361 e. The van der Waals surface area contributed by atoms with Gasteiger partial charge in [0.15, 0.2) is 23.3 Å². The van der Waals surface area contributed by atoms with E-state index < -0.39 is 15.0 Å². The molecule has 0 saturated heterocycles. The zero-order valence-corrected chi connectivity index (χ0v) is 32.9. The Hall–Kier alpha value is -5.25. The second-order valence-corrected chi connectivity index (χ2v) is 19.1. The Morgan fingerprint density at radius 3 is 2.12 bits per heavy atom. The summed E-state index contributed by atoms with van der Waals surface area (Å²) >= 11 is 0. The van der Waals surface area contributed by atoms with Gasteiger partial charge in [0.25, 0.3) is 0 Å². The molecular formula is C42H44N12O2Si. The average molecular weight is 777 g/mol. The molecule has 0 aromatic carbocycles. The zero-order chi connectivity index (χ0) is 37.5. The SMILES string of the molecule is C1=NC2=C(CC1)/C1=N/c3c4ncccc4c4n3[Si](OCC3CCCCC3)(OCC3CCCCC3)N3/C(=N\C2=N1)c1cccnc1C3NC1=N/C(=N\4)C2=C1CCC=N2. The molecular weight excluding hydrogens is 733 g/mol. The predicted molar refractivity (Wildman–Crippen MR) is 223 cm³/mol. The zero-order valence-electron chi connectivity index (χ0n) is 31.9. The molecule has 0 spiro atoms. The van der Waals surface area contributed by atoms with Crippen molar-refractivity contribution in [2.45, 2.75) is 96.1 Å². The highest BCUT2D eigenvalue weighted by atomic mass is 28.4. The van der Waals surface area contributed by atoms with Gasteiger partial charge in [0.05, 0.1) is 5.69 Å². The summed E-state index contributed by atoms with van der Waals surface area (Å²) in [5, 5.41) is 4.76. The summed E-state index contributed by atoms with van der Waals surface area (Å²) in [5.41, 5.74) is 5.97. The summed E-state index contributed by atoms with van der Waals surface area (Å²) in [4.78, 5) is 47.0. The lowest BCUT2D eigenvalue weighted by Crippen LogP contribution is -2.68. The van der Waals surface area contributed by atoms with Gasteiger partial charge >= 0.3 is 8.88 Å². The Kier molecular flexibility index (Phi) is 7.97. The molecule has 1 N–H and O–H groups in total. The molecule has 12 rings (SSSR count). The second kappa shape index (κ2) is 13.4. The molecule has 3 aromatic rings. The molecule has 15 heteroatoms. The number of aromatic nitrogens is 3. The molecule has 14 nitrogen and oxygen atoms in total. The first kappa shape index (κ1) is 33.8. The lowest BCUT2D eigenvalue weighted by atomic mass is 9.90. The van der Waals surface area contributed by atoms with Crippen LogP contribution in [0.15, 0.2) is 94.1 Å². The summed E-state index contributed by atoms with van der Waals surface area (Å²) < 4.78 is 20.1. The topological polar surface area (TPSA) is 151 Å². The third kappa shape index (κ3) is 5.31. The van der Waals surface area contributed by atoms with Gasteiger partial charge in [-0.05, 0) is 87.5 Å². The Morgan fingerprint density at radius 1 is 0.684 bits per heavy atom.